The van der Waals surface area contributed by atoms with E-state index in [4.69, 9.17) is 4.74 Å². The van der Waals surface area contributed by atoms with Gasteiger partial charge in [-0.1, -0.05) is 0 Å². The minimum Gasteiger partial charge on any atom is -0.368 e. The summed E-state index contributed by atoms with van der Waals surface area (Å²) < 4.78 is 7.65. The average molecular weight is 312 g/mol. The van der Waals surface area contributed by atoms with Crippen LogP contribution in [0, 0.1) is 12.8 Å². The van der Waals surface area contributed by atoms with Crippen LogP contribution in [0.15, 0.2) is 30.7 Å². The molecule has 0 N–H and O–H groups in total. The fraction of sp³-hybridized carbons (Fsp3) is 0.471. The minimum absolute atomic E-state index is 0.0384. The molecule has 2 aliphatic rings. The van der Waals surface area contributed by atoms with Crippen molar-refractivity contribution >= 4 is 11.7 Å². The summed E-state index contributed by atoms with van der Waals surface area (Å²) in [6, 6.07) is 3.90. The fourth-order valence-electron chi connectivity index (χ4n) is 3.56. The zero-order valence-corrected chi connectivity index (χ0v) is 13.2. The molecule has 4 heterocycles. The summed E-state index contributed by atoms with van der Waals surface area (Å²) in [5, 5.41) is 4.24. The first-order chi connectivity index (χ1) is 11.2. The highest BCUT2D eigenvalue weighted by atomic mass is 16.5. The molecule has 4 rings (SSSR count). The predicted octanol–water partition coefficient (Wildman–Crippen LogP) is 1.58. The summed E-state index contributed by atoms with van der Waals surface area (Å²) in [5.41, 5.74) is 2.38. The number of aryl methyl sites for hydroxylation is 1. The van der Waals surface area contributed by atoms with E-state index in [0.29, 0.717) is 19.7 Å². The maximum atomic E-state index is 13.0. The van der Waals surface area contributed by atoms with Crippen molar-refractivity contribution in [3.63, 3.8) is 0 Å². The number of fused-ring (bicyclic) bond motifs is 1. The first-order valence-corrected chi connectivity index (χ1v) is 8.09. The van der Waals surface area contributed by atoms with E-state index in [-0.39, 0.29) is 11.8 Å². The molecule has 0 aliphatic carbocycles. The van der Waals surface area contributed by atoms with Gasteiger partial charge in [0, 0.05) is 44.2 Å². The molecule has 1 saturated heterocycles. The number of pyridine rings is 1. The third-order valence-corrected chi connectivity index (χ3v) is 4.81. The van der Waals surface area contributed by atoms with Gasteiger partial charge in [-0.15, -0.1) is 0 Å². The minimum atomic E-state index is -0.396. The molecule has 6 heteroatoms. The molecule has 2 atom stereocenters. The van der Waals surface area contributed by atoms with Crippen molar-refractivity contribution in [1.29, 1.82) is 0 Å². The van der Waals surface area contributed by atoms with Crippen LogP contribution in [-0.2, 0) is 22.5 Å². The number of ether oxygens (including phenoxy) is 1. The molecule has 2 aromatic rings. The zero-order valence-electron chi connectivity index (χ0n) is 13.2. The molecule has 0 radical (unpaired) electrons. The van der Waals surface area contributed by atoms with Crippen molar-refractivity contribution in [1.82, 2.24) is 14.8 Å². The van der Waals surface area contributed by atoms with E-state index in [1.165, 1.54) is 11.1 Å². The normalized spacial score (nSPS) is 23.3. The molecule has 2 aromatic heterocycles. The van der Waals surface area contributed by atoms with Crippen molar-refractivity contribution in [2.45, 2.75) is 32.4 Å². The first-order valence-electron chi connectivity index (χ1n) is 8.09. The van der Waals surface area contributed by atoms with Crippen LogP contribution in [0.25, 0.3) is 0 Å². The smallest absolute Gasteiger partial charge is 0.257 e. The van der Waals surface area contributed by atoms with Gasteiger partial charge < -0.3 is 4.74 Å². The average Bonchev–Trinajstić information content (AvgIpc) is 3.27. The number of amides is 1. The van der Waals surface area contributed by atoms with Gasteiger partial charge in [0.25, 0.3) is 5.91 Å². The van der Waals surface area contributed by atoms with Gasteiger partial charge >= 0.3 is 0 Å². The lowest BCUT2D eigenvalue weighted by atomic mass is 10.0. The summed E-state index contributed by atoms with van der Waals surface area (Å²) in [4.78, 5) is 19.2. The lowest BCUT2D eigenvalue weighted by Crippen LogP contribution is -2.42. The van der Waals surface area contributed by atoms with E-state index in [1.807, 2.05) is 23.0 Å². The zero-order chi connectivity index (χ0) is 15.8. The Morgan fingerprint density at radius 2 is 2.35 bits per heavy atom. The second-order valence-corrected chi connectivity index (χ2v) is 6.24. The second kappa shape index (κ2) is 5.77. The molecule has 6 nitrogen and oxygen atoms in total. The molecular formula is C17H20N4O2. The number of carbonyl (C=O) groups excluding carboxylic acids is 1. The number of rotatable bonds is 3. The van der Waals surface area contributed by atoms with Crippen LogP contribution in [0.5, 0.6) is 0 Å². The molecule has 1 amide bonds. The molecule has 0 bridgehead atoms. The van der Waals surface area contributed by atoms with Gasteiger partial charge in [-0.2, -0.15) is 5.10 Å². The quantitative estimate of drug-likeness (QED) is 0.863. The van der Waals surface area contributed by atoms with Crippen LogP contribution < -0.4 is 4.90 Å². The lowest BCUT2D eigenvalue weighted by Gasteiger charge is -2.24. The highest BCUT2D eigenvalue weighted by Crippen LogP contribution is 2.31. The van der Waals surface area contributed by atoms with Gasteiger partial charge in [-0.05, 0) is 43.0 Å². The number of aromatic nitrogens is 3. The summed E-state index contributed by atoms with van der Waals surface area (Å²) in [6.07, 6.45) is 6.82. The van der Waals surface area contributed by atoms with Gasteiger partial charge in [0.1, 0.15) is 11.9 Å². The van der Waals surface area contributed by atoms with E-state index in [9.17, 15) is 4.79 Å². The molecule has 1 fully saturated rings. The van der Waals surface area contributed by atoms with Crippen LogP contribution in [-0.4, -0.2) is 39.9 Å². The predicted molar refractivity (Wildman–Crippen MR) is 85.1 cm³/mol. The maximum absolute atomic E-state index is 13.0. The van der Waals surface area contributed by atoms with E-state index < -0.39 is 6.10 Å². The van der Waals surface area contributed by atoms with Crippen molar-refractivity contribution in [2.24, 2.45) is 5.92 Å². The van der Waals surface area contributed by atoms with E-state index in [0.717, 1.165) is 18.7 Å². The number of anilines is 1. The van der Waals surface area contributed by atoms with E-state index in [1.54, 1.807) is 17.3 Å². The summed E-state index contributed by atoms with van der Waals surface area (Å²) >= 11 is 0. The topological polar surface area (TPSA) is 60.3 Å². The molecule has 120 valence electrons. The Kier molecular flexibility index (Phi) is 3.61. The summed E-state index contributed by atoms with van der Waals surface area (Å²) in [7, 11) is 0. The Morgan fingerprint density at radius 1 is 1.43 bits per heavy atom. The van der Waals surface area contributed by atoms with E-state index in [2.05, 4.69) is 17.0 Å². The third-order valence-electron chi connectivity index (χ3n) is 4.81. The molecule has 0 spiro atoms. The van der Waals surface area contributed by atoms with Gasteiger partial charge in [0.05, 0.1) is 0 Å². The standard InChI is InChI=1S/C17H20N4O2/c1-12-3-7-18-16-14(12)4-9-21(16)17(22)15-13(5-10-23-15)11-20-8-2-6-19-20/h2-3,6-8,13,15H,4-5,9-11H2,1H3/t13-,15-/m1/s1. The maximum Gasteiger partial charge on any atom is 0.257 e. The SMILES string of the molecule is Cc1ccnc2c1CCN2C(=O)[C@@H]1OCC[C@@H]1Cn1cccn1. The molecule has 0 saturated carbocycles. The second-order valence-electron chi connectivity index (χ2n) is 6.24. The Morgan fingerprint density at radius 3 is 3.17 bits per heavy atom. The molecule has 23 heavy (non-hydrogen) atoms. The Hall–Kier alpha value is -2.21. The highest BCUT2D eigenvalue weighted by Gasteiger charge is 2.39. The van der Waals surface area contributed by atoms with Crippen molar-refractivity contribution < 1.29 is 9.53 Å². The number of nitrogens with zero attached hydrogens (tertiary/aromatic N) is 4. The van der Waals surface area contributed by atoms with Gasteiger partial charge in [0.2, 0.25) is 0 Å². The van der Waals surface area contributed by atoms with Gasteiger partial charge in [-0.25, -0.2) is 4.98 Å². The molecule has 2 aliphatic heterocycles. The highest BCUT2D eigenvalue weighted by molar-refractivity contribution is 5.98. The van der Waals surface area contributed by atoms with Crippen molar-refractivity contribution in [3.05, 3.63) is 41.9 Å². The van der Waals surface area contributed by atoms with Crippen molar-refractivity contribution in [2.75, 3.05) is 18.1 Å². The van der Waals surface area contributed by atoms with Crippen LogP contribution in [0.1, 0.15) is 17.5 Å². The molecule has 0 unspecified atom stereocenters. The lowest BCUT2D eigenvalue weighted by molar-refractivity contribution is -0.129. The third kappa shape index (κ3) is 2.53. The Bertz CT molecular complexity index is 713. The monoisotopic (exact) mass is 312 g/mol. The Balaban J connectivity index is 1.54. The number of hydrogen-bond acceptors (Lipinski definition) is 4. The summed E-state index contributed by atoms with van der Waals surface area (Å²) in [6.45, 7) is 4.11. The van der Waals surface area contributed by atoms with Crippen LogP contribution in [0.4, 0.5) is 5.82 Å². The number of carbonyl (C=O) groups is 1. The van der Waals surface area contributed by atoms with E-state index >= 15 is 0 Å². The van der Waals surface area contributed by atoms with Crippen LogP contribution in [0.3, 0.4) is 0 Å². The largest absolute Gasteiger partial charge is 0.368 e. The fourth-order valence-corrected chi connectivity index (χ4v) is 3.56. The van der Waals surface area contributed by atoms with Gasteiger partial charge in [0.15, 0.2) is 0 Å². The number of hydrogen-bond donors (Lipinski definition) is 0. The first kappa shape index (κ1) is 14.4. The van der Waals surface area contributed by atoms with Gasteiger partial charge in [-0.3, -0.25) is 14.4 Å². The summed E-state index contributed by atoms with van der Waals surface area (Å²) in [5.74, 6) is 1.01. The van der Waals surface area contributed by atoms with Crippen LogP contribution in [0.2, 0.25) is 0 Å². The molecule has 0 aromatic carbocycles. The molecular weight excluding hydrogens is 292 g/mol. The van der Waals surface area contributed by atoms with Crippen molar-refractivity contribution in [3.8, 4) is 0 Å². The van der Waals surface area contributed by atoms with Crippen LogP contribution >= 0.6 is 0 Å². The Labute approximate surface area is 135 Å².